The predicted molar refractivity (Wildman–Crippen MR) is 18.2 cm³/mol. The topological polar surface area (TPSA) is 135 Å². The van der Waals surface area contributed by atoms with E-state index in [0.717, 1.165) is 0 Å². The van der Waals surface area contributed by atoms with Gasteiger partial charge in [0.15, 0.2) is 0 Å². The molecule has 5 N–H and O–H groups in total. The summed E-state index contributed by atoms with van der Waals surface area (Å²) in [6.45, 7) is 0. The molecule has 0 rings (SSSR count). The van der Waals surface area contributed by atoms with Crippen molar-refractivity contribution in [1.29, 1.82) is 0 Å². The molecular weight excluding hydrogens is 219 g/mol. The van der Waals surface area contributed by atoms with Gasteiger partial charge in [-0.15, -0.1) is 0 Å². The zero-order valence-corrected chi connectivity index (χ0v) is 6.05. The second-order valence-corrected chi connectivity index (χ2v) is 3.00. The summed E-state index contributed by atoms with van der Waals surface area (Å²) in [6.07, 6.45) is 0. The summed E-state index contributed by atoms with van der Waals surface area (Å²) in [4.78, 5) is 0. The van der Waals surface area contributed by atoms with Crippen LogP contribution in [0.2, 0.25) is 0 Å². The van der Waals surface area contributed by atoms with Crippen molar-refractivity contribution in [2.45, 2.75) is 0 Å². The standard InChI is InChI=1S/BH3O3.Mo.2H2O.2O/c2-1(3)4;;;;;/h2-4H;;2*1H2;;/q;+2;;;;/p-2. The maximum atomic E-state index is 8.85. The molecule has 0 spiro atoms. The Hall–Kier alpha value is 0.153. The SMILES string of the molecule is OB(O)O.[O]=[Mo](=[O])([OH])[OH]. The molecule has 56 valence electrons. The van der Waals surface area contributed by atoms with Gasteiger partial charge in [-0.25, -0.2) is 0 Å². The first kappa shape index (κ1) is 11.9. The molecule has 0 amide bonds. The van der Waals surface area contributed by atoms with Crippen LogP contribution in [0.1, 0.15) is 0 Å². The molecule has 9 heteroatoms. The van der Waals surface area contributed by atoms with Crippen molar-refractivity contribution in [3.63, 3.8) is 0 Å². The van der Waals surface area contributed by atoms with Crippen LogP contribution in [0, 0.1) is 0 Å². The van der Waals surface area contributed by atoms with Crippen molar-refractivity contribution >= 4 is 7.32 Å². The summed E-state index contributed by atoms with van der Waals surface area (Å²) in [5, 5.41) is 21.5. The number of hydrogen-bond donors (Lipinski definition) is 5. The van der Waals surface area contributed by atoms with Crippen molar-refractivity contribution < 1.29 is 46.1 Å². The fraction of sp³-hybridized carbons (Fsp3) is 0. The van der Waals surface area contributed by atoms with Crippen LogP contribution in [0.15, 0.2) is 0 Å². The van der Waals surface area contributed by atoms with Gasteiger partial charge in [0.05, 0.1) is 0 Å². The average molecular weight is 224 g/mol. The number of hydrogen-bond acceptors (Lipinski definition) is 5. The molecule has 0 saturated carbocycles. The molecule has 0 aliphatic carbocycles. The van der Waals surface area contributed by atoms with Crippen molar-refractivity contribution in [3.8, 4) is 0 Å². The van der Waals surface area contributed by atoms with E-state index < -0.39 is 24.1 Å². The van der Waals surface area contributed by atoms with Crippen LogP contribution in [0.5, 0.6) is 0 Å². The minimum absolute atomic E-state index is 2.17. The Morgan fingerprint density at radius 3 is 1.00 bits per heavy atom. The Balaban J connectivity index is 0. The summed E-state index contributed by atoms with van der Waals surface area (Å²) in [7, 11) is -2.17. The third-order valence-electron chi connectivity index (χ3n) is 0. The van der Waals surface area contributed by atoms with Gasteiger partial charge in [-0.05, 0) is 0 Å². The molecule has 0 heterocycles. The van der Waals surface area contributed by atoms with Gasteiger partial charge >= 0.3 is 38.4 Å². The molecule has 9 heavy (non-hydrogen) atoms. The molecule has 0 unspecified atom stereocenters. The summed E-state index contributed by atoms with van der Waals surface area (Å²) in [5.74, 6) is 0. The zero-order valence-electron chi connectivity index (χ0n) is 4.04. The van der Waals surface area contributed by atoms with Gasteiger partial charge < -0.3 is 15.1 Å². The summed E-state index contributed by atoms with van der Waals surface area (Å²) in [6, 6.07) is 0. The molecule has 0 aromatic heterocycles. The van der Waals surface area contributed by atoms with Gasteiger partial charge in [0.2, 0.25) is 0 Å². The van der Waals surface area contributed by atoms with Gasteiger partial charge in [0, 0.05) is 0 Å². The summed E-state index contributed by atoms with van der Waals surface area (Å²) in [5.41, 5.74) is 0. The van der Waals surface area contributed by atoms with Crippen molar-refractivity contribution in [3.05, 3.63) is 0 Å². The van der Waals surface area contributed by atoms with E-state index in [1.165, 1.54) is 0 Å². The first-order chi connectivity index (χ1) is 3.73. The molecule has 0 aliphatic rings. The van der Waals surface area contributed by atoms with Crippen LogP contribution in [0.3, 0.4) is 0 Å². The van der Waals surface area contributed by atoms with E-state index in [1.54, 1.807) is 0 Å². The fourth-order valence-corrected chi connectivity index (χ4v) is 0. The van der Waals surface area contributed by atoms with Crippen LogP contribution in [-0.4, -0.2) is 29.9 Å². The van der Waals surface area contributed by atoms with E-state index >= 15 is 0 Å². The molecule has 0 atom stereocenters. The Kier molecular flexibility index (Phi) is 6.58. The van der Waals surface area contributed by atoms with Crippen LogP contribution < -0.4 is 0 Å². The van der Waals surface area contributed by atoms with Crippen LogP contribution in [0.4, 0.5) is 0 Å². The van der Waals surface area contributed by atoms with E-state index in [1.807, 2.05) is 0 Å². The Labute approximate surface area is 54.1 Å². The Morgan fingerprint density at radius 2 is 1.00 bits per heavy atom. The minimum atomic E-state index is -5.52. The van der Waals surface area contributed by atoms with Gasteiger partial charge in [-0.1, -0.05) is 0 Å². The van der Waals surface area contributed by atoms with Crippen LogP contribution in [0.25, 0.3) is 0 Å². The predicted octanol–water partition coefficient (Wildman–Crippen LogP) is -3.41. The molecule has 0 aromatic carbocycles. The average Bonchev–Trinajstić information content (AvgIpc) is 1.19. The number of rotatable bonds is 0. The Bertz CT molecular complexity index is 120. The van der Waals surface area contributed by atoms with Gasteiger partial charge in [0.1, 0.15) is 0 Å². The van der Waals surface area contributed by atoms with Crippen molar-refractivity contribution in [2.24, 2.45) is 0 Å². The second kappa shape index (κ2) is 4.98. The van der Waals surface area contributed by atoms with E-state index in [4.69, 9.17) is 29.4 Å². The van der Waals surface area contributed by atoms with Gasteiger partial charge in [-0.3, -0.25) is 0 Å². The molecule has 0 saturated heterocycles. The molecule has 0 aromatic rings. The van der Waals surface area contributed by atoms with E-state index in [0.29, 0.717) is 0 Å². The maximum absolute atomic E-state index is 8.85. The summed E-state index contributed by atoms with van der Waals surface area (Å²) >= 11 is -5.52. The normalized spacial score (nSPS) is 9.44. The molecule has 0 radical (unpaired) electrons. The van der Waals surface area contributed by atoms with Gasteiger partial charge in [0.25, 0.3) is 0 Å². The van der Waals surface area contributed by atoms with Crippen LogP contribution >= 0.6 is 0 Å². The van der Waals surface area contributed by atoms with Gasteiger partial charge in [-0.2, -0.15) is 0 Å². The fourth-order valence-electron chi connectivity index (χ4n) is 0. The zero-order chi connectivity index (χ0) is 8.08. The van der Waals surface area contributed by atoms with E-state index in [-0.39, 0.29) is 0 Å². The molecule has 0 aliphatic heterocycles. The summed E-state index contributed by atoms with van der Waals surface area (Å²) < 4.78 is 32.0. The first-order valence-corrected chi connectivity index (χ1v) is 4.91. The van der Waals surface area contributed by atoms with Crippen LogP contribution in [-0.2, 0) is 23.5 Å². The van der Waals surface area contributed by atoms with Crippen molar-refractivity contribution in [1.82, 2.24) is 0 Å². The molecule has 0 fully saturated rings. The Morgan fingerprint density at radius 1 is 1.00 bits per heavy atom. The van der Waals surface area contributed by atoms with Crippen molar-refractivity contribution in [2.75, 3.05) is 0 Å². The van der Waals surface area contributed by atoms with E-state index in [2.05, 4.69) is 0 Å². The molecule has 7 nitrogen and oxygen atoms in total. The third kappa shape index (κ3) is 13100. The first-order valence-electron chi connectivity index (χ1n) is 1.47. The third-order valence-corrected chi connectivity index (χ3v) is 0. The van der Waals surface area contributed by atoms with E-state index in [9.17, 15) is 0 Å². The monoisotopic (exact) mass is 226 g/mol. The molecule has 0 bridgehead atoms. The molecular formula is H5BMoO7. The quantitative estimate of drug-likeness (QED) is 0.270. The second-order valence-electron chi connectivity index (χ2n) is 0.794.